The topological polar surface area (TPSA) is 102 Å². The highest BCUT2D eigenvalue weighted by molar-refractivity contribution is 6.31. The number of hydrogen-bond acceptors (Lipinski definition) is 5. The average molecular weight is 666 g/mol. The Morgan fingerprint density at radius 2 is 1.60 bits per heavy atom. The molecule has 5 aromatic rings. The molecule has 0 aliphatic carbocycles. The number of aliphatic carboxylic acids is 1. The van der Waals surface area contributed by atoms with Crippen LogP contribution in [0, 0.1) is 0 Å². The molecule has 0 saturated carbocycles. The summed E-state index contributed by atoms with van der Waals surface area (Å²) in [5, 5.41) is 10.6. The summed E-state index contributed by atoms with van der Waals surface area (Å²) in [5.74, 6) is -0.222. The number of carbonyl (C=O) groups is 2. The minimum atomic E-state index is -1.28. The predicted molar refractivity (Wildman–Crippen MR) is 190 cm³/mol. The number of aryl methyl sites for hydroxylation is 1. The van der Waals surface area contributed by atoms with Gasteiger partial charge in [0.15, 0.2) is 0 Å². The van der Waals surface area contributed by atoms with Crippen molar-refractivity contribution in [3.05, 3.63) is 135 Å². The normalized spacial score (nSPS) is 11.7. The average Bonchev–Trinajstić information content (AvgIpc) is 3.10. The molecule has 1 aromatic heterocycles. The number of ether oxygens (including phenoxy) is 1. The number of carboxylic acids is 1. The van der Waals surface area contributed by atoms with Crippen LogP contribution in [0.15, 0.2) is 102 Å². The summed E-state index contributed by atoms with van der Waals surface area (Å²) >= 11 is 6.25. The van der Waals surface area contributed by atoms with E-state index in [4.69, 9.17) is 21.3 Å². The van der Waals surface area contributed by atoms with Gasteiger partial charge in [-0.15, -0.1) is 0 Å². The molecule has 0 bridgehead atoms. The molecule has 248 valence electrons. The molecule has 48 heavy (non-hydrogen) atoms. The number of hydrogen-bond donors (Lipinski definition) is 1. The second-order valence-corrected chi connectivity index (χ2v) is 12.2. The van der Waals surface area contributed by atoms with Crippen molar-refractivity contribution in [2.45, 2.75) is 65.0 Å². The van der Waals surface area contributed by atoms with Crippen LogP contribution in [0.5, 0.6) is 5.75 Å². The second-order valence-electron chi connectivity index (χ2n) is 11.8. The van der Waals surface area contributed by atoms with E-state index in [9.17, 15) is 19.5 Å². The highest BCUT2D eigenvalue weighted by Crippen LogP contribution is 2.29. The standard InChI is InChI=1S/C39H40ClN3O5/c1-3-5-12-24-42(37(44)28-13-8-7-9-14-28)29-20-23-34-32(25-29)38(45)43(35(41-34)17-6-4-2)26-27-18-21-30(22-19-27)48-36(39(46)47)31-15-10-11-16-33(31)40/h7-11,13-16,18-23,25,36H,3-6,12,17,24,26H2,1-2H3,(H,46,47). The van der Waals surface area contributed by atoms with Crippen LogP contribution in [0.1, 0.15) is 79.4 Å². The zero-order valence-corrected chi connectivity index (χ0v) is 28.0. The summed E-state index contributed by atoms with van der Waals surface area (Å²) < 4.78 is 7.53. The van der Waals surface area contributed by atoms with Gasteiger partial charge in [0.1, 0.15) is 11.6 Å². The van der Waals surface area contributed by atoms with Crippen LogP contribution in [-0.2, 0) is 17.8 Å². The summed E-state index contributed by atoms with van der Waals surface area (Å²) in [4.78, 5) is 46.5. The van der Waals surface area contributed by atoms with Gasteiger partial charge in [0.2, 0.25) is 6.10 Å². The third kappa shape index (κ3) is 8.12. The fourth-order valence-electron chi connectivity index (χ4n) is 5.64. The second kappa shape index (κ2) is 16.2. The first-order valence-electron chi connectivity index (χ1n) is 16.4. The van der Waals surface area contributed by atoms with E-state index < -0.39 is 12.1 Å². The number of halogens is 1. The number of carbonyl (C=O) groups excluding carboxylic acids is 1. The van der Waals surface area contributed by atoms with Gasteiger partial charge in [-0.2, -0.15) is 0 Å². The summed E-state index contributed by atoms with van der Waals surface area (Å²) in [6.45, 7) is 5.02. The van der Waals surface area contributed by atoms with Crippen LogP contribution < -0.4 is 15.2 Å². The Morgan fingerprint density at radius 3 is 2.29 bits per heavy atom. The van der Waals surface area contributed by atoms with Gasteiger partial charge < -0.3 is 14.7 Å². The molecular weight excluding hydrogens is 626 g/mol. The molecule has 0 spiro atoms. The van der Waals surface area contributed by atoms with Crippen molar-refractivity contribution in [1.29, 1.82) is 0 Å². The molecule has 5 rings (SSSR count). The molecule has 1 amide bonds. The lowest BCUT2D eigenvalue weighted by atomic mass is 10.1. The maximum atomic E-state index is 14.2. The summed E-state index contributed by atoms with van der Waals surface area (Å²) in [5.41, 5.74) is 2.84. The van der Waals surface area contributed by atoms with E-state index in [0.29, 0.717) is 57.3 Å². The van der Waals surface area contributed by atoms with Crippen LogP contribution in [0.25, 0.3) is 10.9 Å². The van der Waals surface area contributed by atoms with Crippen molar-refractivity contribution in [1.82, 2.24) is 9.55 Å². The summed E-state index contributed by atoms with van der Waals surface area (Å²) in [6.07, 6.45) is 4.04. The van der Waals surface area contributed by atoms with Crippen LogP contribution in [-0.4, -0.2) is 33.1 Å². The minimum absolute atomic E-state index is 0.110. The summed E-state index contributed by atoms with van der Waals surface area (Å²) in [7, 11) is 0. The van der Waals surface area contributed by atoms with Gasteiger partial charge in [-0.3, -0.25) is 14.2 Å². The number of aromatic nitrogens is 2. The number of carboxylic acid groups (broad SMARTS) is 1. The predicted octanol–water partition coefficient (Wildman–Crippen LogP) is 8.48. The molecule has 8 nitrogen and oxygen atoms in total. The van der Waals surface area contributed by atoms with Crippen molar-refractivity contribution < 1.29 is 19.4 Å². The number of rotatable bonds is 15. The lowest BCUT2D eigenvalue weighted by molar-refractivity contribution is -0.145. The van der Waals surface area contributed by atoms with Gasteiger partial charge in [-0.1, -0.05) is 93.2 Å². The van der Waals surface area contributed by atoms with Gasteiger partial charge in [-0.25, -0.2) is 9.78 Å². The van der Waals surface area contributed by atoms with E-state index in [1.54, 1.807) is 64.1 Å². The van der Waals surface area contributed by atoms with Crippen molar-refractivity contribution in [2.24, 2.45) is 0 Å². The molecule has 0 aliphatic rings. The Hall–Kier alpha value is -4.95. The quantitative estimate of drug-likeness (QED) is 0.113. The Bertz CT molecular complexity index is 1920. The number of nitrogens with zero attached hydrogens (tertiary/aromatic N) is 3. The molecule has 0 aliphatic heterocycles. The fourth-order valence-corrected chi connectivity index (χ4v) is 5.88. The Morgan fingerprint density at radius 1 is 0.896 bits per heavy atom. The van der Waals surface area contributed by atoms with Gasteiger partial charge >= 0.3 is 5.97 Å². The third-order valence-corrected chi connectivity index (χ3v) is 8.61. The van der Waals surface area contributed by atoms with Crippen LogP contribution in [0.3, 0.4) is 0 Å². The molecule has 1 heterocycles. The van der Waals surface area contributed by atoms with E-state index >= 15 is 0 Å². The van der Waals surface area contributed by atoms with E-state index in [-0.39, 0.29) is 18.0 Å². The first kappa shape index (κ1) is 34.4. The summed E-state index contributed by atoms with van der Waals surface area (Å²) in [6, 6.07) is 28.4. The lowest BCUT2D eigenvalue weighted by Gasteiger charge is -2.24. The molecule has 0 saturated heterocycles. The SMILES string of the molecule is CCCCCN(C(=O)c1ccccc1)c1ccc2nc(CCCC)n(Cc3ccc(OC(C(=O)O)c4ccccc4Cl)cc3)c(=O)c2c1. The monoisotopic (exact) mass is 665 g/mol. The van der Waals surface area contributed by atoms with E-state index in [1.165, 1.54) is 0 Å². The number of benzene rings is 4. The molecular formula is C39H40ClN3O5. The van der Waals surface area contributed by atoms with Gasteiger partial charge in [-0.05, 0) is 66.9 Å². The van der Waals surface area contributed by atoms with Crippen molar-refractivity contribution in [2.75, 3.05) is 11.4 Å². The van der Waals surface area contributed by atoms with E-state index in [1.807, 2.05) is 42.5 Å². The number of unbranched alkanes of at least 4 members (excludes halogenated alkanes) is 3. The molecule has 1 N–H and O–H groups in total. The molecule has 4 aromatic carbocycles. The smallest absolute Gasteiger partial charge is 0.349 e. The molecule has 1 atom stereocenters. The van der Waals surface area contributed by atoms with Crippen LogP contribution >= 0.6 is 11.6 Å². The van der Waals surface area contributed by atoms with Gasteiger partial charge in [0.25, 0.3) is 11.5 Å². The Balaban J connectivity index is 1.47. The molecule has 0 radical (unpaired) electrons. The van der Waals surface area contributed by atoms with E-state index in [0.717, 1.165) is 37.7 Å². The third-order valence-electron chi connectivity index (χ3n) is 8.26. The Kier molecular flexibility index (Phi) is 11.6. The van der Waals surface area contributed by atoms with Gasteiger partial charge in [0.05, 0.1) is 17.4 Å². The zero-order chi connectivity index (χ0) is 34.0. The van der Waals surface area contributed by atoms with Gasteiger partial charge in [0, 0.05) is 34.8 Å². The van der Waals surface area contributed by atoms with Crippen molar-refractivity contribution >= 4 is 40.1 Å². The van der Waals surface area contributed by atoms with Crippen molar-refractivity contribution in [3.8, 4) is 5.75 Å². The highest BCUT2D eigenvalue weighted by Gasteiger charge is 2.24. The van der Waals surface area contributed by atoms with Crippen molar-refractivity contribution in [3.63, 3.8) is 0 Å². The van der Waals surface area contributed by atoms with E-state index in [2.05, 4.69) is 13.8 Å². The number of amides is 1. The highest BCUT2D eigenvalue weighted by atomic mass is 35.5. The first-order valence-corrected chi connectivity index (χ1v) is 16.8. The minimum Gasteiger partial charge on any atom is -0.478 e. The molecule has 9 heteroatoms. The maximum Gasteiger partial charge on any atom is 0.349 e. The lowest BCUT2D eigenvalue weighted by Crippen LogP contribution is -2.32. The fraction of sp³-hybridized carbons (Fsp3) is 0.282. The van der Waals surface area contributed by atoms with Crippen LogP contribution in [0.2, 0.25) is 5.02 Å². The Labute approximate surface area is 285 Å². The number of anilines is 1. The zero-order valence-electron chi connectivity index (χ0n) is 27.3. The largest absolute Gasteiger partial charge is 0.478 e. The first-order chi connectivity index (χ1) is 23.3. The molecule has 0 fully saturated rings. The number of fused-ring (bicyclic) bond motifs is 1. The maximum absolute atomic E-state index is 14.2. The molecule has 1 unspecified atom stereocenters. The van der Waals surface area contributed by atoms with Crippen LogP contribution in [0.4, 0.5) is 5.69 Å².